The molecule has 1 aliphatic heterocycles. The van der Waals surface area contributed by atoms with Crippen LogP contribution in [0.15, 0.2) is 48.5 Å². The van der Waals surface area contributed by atoms with E-state index in [4.69, 9.17) is 5.10 Å². The zero-order valence-electron chi connectivity index (χ0n) is 13.2. The van der Waals surface area contributed by atoms with E-state index in [-0.39, 0.29) is 10.6 Å². The molecule has 0 unspecified atom stereocenters. The number of nitro groups is 1. The van der Waals surface area contributed by atoms with E-state index in [1.807, 2.05) is 25.1 Å². The number of nitrogens with one attached hydrogen (secondary N) is 1. The summed E-state index contributed by atoms with van der Waals surface area (Å²) in [5, 5.41) is 19.4. The molecule has 0 saturated heterocycles. The minimum absolute atomic E-state index is 0.0484. The number of aryl methyl sites for hydroxylation is 1. The first-order valence-electron chi connectivity index (χ1n) is 7.82. The molecular weight excluding hydrogens is 304 g/mol. The monoisotopic (exact) mass is 320 g/mol. The van der Waals surface area contributed by atoms with Crippen LogP contribution in [0.2, 0.25) is 0 Å². The van der Waals surface area contributed by atoms with Crippen molar-refractivity contribution in [2.24, 2.45) is 0 Å². The zero-order chi connectivity index (χ0) is 16.7. The van der Waals surface area contributed by atoms with E-state index >= 15 is 0 Å². The Kier molecular flexibility index (Phi) is 3.30. The summed E-state index contributed by atoms with van der Waals surface area (Å²) in [5.41, 5.74) is 4.72. The lowest BCUT2D eigenvalue weighted by Crippen LogP contribution is -2.06. The minimum Gasteiger partial charge on any atom is -0.369 e. The highest BCUT2D eigenvalue weighted by Crippen LogP contribution is 2.36. The molecule has 1 N–H and O–H groups in total. The Morgan fingerprint density at radius 1 is 1.21 bits per heavy atom. The molecule has 2 aromatic carbocycles. The van der Waals surface area contributed by atoms with Gasteiger partial charge in [-0.25, -0.2) is 4.68 Å². The van der Waals surface area contributed by atoms with Gasteiger partial charge in [-0.15, -0.1) is 0 Å². The molecule has 1 aromatic heterocycles. The summed E-state index contributed by atoms with van der Waals surface area (Å²) in [7, 11) is 0. The second-order valence-corrected chi connectivity index (χ2v) is 5.88. The normalized spacial score (nSPS) is 12.7. The Morgan fingerprint density at radius 2 is 2.04 bits per heavy atom. The first-order chi connectivity index (χ1) is 11.6. The topological polar surface area (TPSA) is 73.0 Å². The molecule has 24 heavy (non-hydrogen) atoms. The Hall–Kier alpha value is -3.15. The SMILES string of the molecule is Cc1cccc(-c2nn(-c3ccccc3[N+](=O)[O-])c3c2CCN3)c1. The summed E-state index contributed by atoms with van der Waals surface area (Å²) in [4.78, 5) is 11.0. The van der Waals surface area contributed by atoms with Gasteiger partial charge in [0.1, 0.15) is 11.5 Å². The van der Waals surface area contributed by atoms with Gasteiger partial charge in [-0.3, -0.25) is 10.1 Å². The highest BCUT2D eigenvalue weighted by Gasteiger charge is 2.26. The molecule has 0 bridgehead atoms. The molecule has 0 aliphatic carbocycles. The molecule has 0 atom stereocenters. The Bertz CT molecular complexity index is 946. The number of benzene rings is 2. The third kappa shape index (κ3) is 2.23. The molecule has 0 saturated carbocycles. The van der Waals surface area contributed by atoms with E-state index in [1.165, 1.54) is 6.07 Å². The fourth-order valence-corrected chi connectivity index (χ4v) is 3.17. The van der Waals surface area contributed by atoms with Gasteiger partial charge >= 0.3 is 0 Å². The van der Waals surface area contributed by atoms with Gasteiger partial charge in [0.25, 0.3) is 5.69 Å². The summed E-state index contributed by atoms with van der Waals surface area (Å²) in [6.45, 7) is 2.85. The molecule has 120 valence electrons. The van der Waals surface area contributed by atoms with E-state index in [9.17, 15) is 10.1 Å². The Morgan fingerprint density at radius 3 is 2.83 bits per heavy atom. The van der Waals surface area contributed by atoms with Crippen LogP contribution >= 0.6 is 0 Å². The summed E-state index contributed by atoms with van der Waals surface area (Å²) in [6.07, 6.45) is 0.860. The maximum Gasteiger partial charge on any atom is 0.294 e. The third-order valence-electron chi connectivity index (χ3n) is 4.25. The summed E-state index contributed by atoms with van der Waals surface area (Å²) in [6, 6.07) is 14.8. The predicted molar refractivity (Wildman–Crippen MR) is 92.6 cm³/mol. The van der Waals surface area contributed by atoms with Crippen LogP contribution in [0.3, 0.4) is 0 Å². The van der Waals surface area contributed by atoms with E-state index in [2.05, 4.69) is 11.4 Å². The molecule has 0 radical (unpaired) electrons. The predicted octanol–water partition coefficient (Wildman–Crippen LogP) is 3.72. The fourth-order valence-electron chi connectivity index (χ4n) is 3.17. The van der Waals surface area contributed by atoms with Gasteiger partial charge in [-0.1, -0.05) is 35.9 Å². The van der Waals surface area contributed by atoms with Crippen molar-refractivity contribution in [2.75, 3.05) is 11.9 Å². The molecule has 2 heterocycles. The van der Waals surface area contributed by atoms with Crippen LogP contribution in [0.25, 0.3) is 16.9 Å². The number of fused-ring (bicyclic) bond motifs is 1. The first kappa shape index (κ1) is 14.4. The van der Waals surface area contributed by atoms with Crippen molar-refractivity contribution >= 4 is 11.5 Å². The van der Waals surface area contributed by atoms with Crippen molar-refractivity contribution in [2.45, 2.75) is 13.3 Å². The standard InChI is InChI=1S/C18H16N4O2/c1-12-5-4-6-13(11-12)17-14-9-10-19-18(14)21(20-17)15-7-2-3-8-16(15)22(23)24/h2-8,11,19H,9-10H2,1H3. The van der Waals surface area contributed by atoms with Crippen LogP contribution in [0, 0.1) is 17.0 Å². The average Bonchev–Trinajstić information content (AvgIpc) is 3.17. The second kappa shape index (κ2) is 5.49. The lowest BCUT2D eigenvalue weighted by molar-refractivity contribution is -0.384. The molecule has 0 fully saturated rings. The quantitative estimate of drug-likeness (QED) is 0.589. The highest BCUT2D eigenvalue weighted by molar-refractivity contribution is 5.74. The molecule has 1 aliphatic rings. The molecule has 3 aromatic rings. The van der Waals surface area contributed by atoms with Gasteiger partial charge < -0.3 is 5.32 Å². The van der Waals surface area contributed by atoms with Crippen LogP contribution in [0.1, 0.15) is 11.1 Å². The Balaban J connectivity index is 1.94. The van der Waals surface area contributed by atoms with E-state index in [0.29, 0.717) is 5.69 Å². The van der Waals surface area contributed by atoms with Gasteiger partial charge in [0.2, 0.25) is 0 Å². The Labute approximate surface area is 138 Å². The van der Waals surface area contributed by atoms with E-state index in [0.717, 1.165) is 41.2 Å². The zero-order valence-corrected chi connectivity index (χ0v) is 13.2. The van der Waals surface area contributed by atoms with Gasteiger partial charge in [-0.2, -0.15) is 5.10 Å². The molecule has 0 spiro atoms. The van der Waals surface area contributed by atoms with Crippen LogP contribution in [0.5, 0.6) is 0 Å². The van der Waals surface area contributed by atoms with Crippen molar-refractivity contribution in [1.29, 1.82) is 0 Å². The summed E-state index contributed by atoms with van der Waals surface area (Å²) in [5.74, 6) is 0.848. The highest BCUT2D eigenvalue weighted by atomic mass is 16.6. The number of rotatable bonds is 3. The maximum absolute atomic E-state index is 11.4. The van der Waals surface area contributed by atoms with E-state index in [1.54, 1.807) is 22.9 Å². The van der Waals surface area contributed by atoms with Gasteiger partial charge in [0.15, 0.2) is 0 Å². The minimum atomic E-state index is -0.370. The maximum atomic E-state index is 11.4. The van der Waals surface area contributed by atoms with E-state index < -0.39 is 0 Å². The lowest BCUT2D eigenvalue weighted by Gasteiger charge is -2.07. The largest absolute Gasteiger partial charge is 0.369 e. The van der Waals surface area contributed by atoms with Crippen LogP contribution in [-0.4, -0.2) is 21.2 Å². The first-order valence-corrected chi connectivity index (χ1v) is 7.82. The molecular formula is C18H16N4O2. The smallest absolute Gasteiger partial charge is 0.294 e. The van der Waals surface area contributed by atoms with Gasteiger partial charge in [0, 0.05) is 23.7 Å². The summed E-state index contributed by atoms with van der Waals surface area (Å²) >= 11 is 0. The van der Waals surface area contributed by atoms with Crippen LogP contribution in [0.4, 0.5) is 11.5 Å². The van der Waals surface area contributed by atoms with Crippen molar-refractivity contribution in [3.63, 3.8) is 0 Å². The van der Waals surface area contributed by atoms with Crippen molar-refractivity contribution < 1.29 is 4.92 Å². The van der Waals surface area contributed by atoms with Crippen molar-refractivity contribution in [3.8, 4) is 16.9 Å². The second-order valence-electron chi connectivity index (χ2n) is 5.88. The van der Waals surface area contributed by atoms with Gasteiger partial charge in [-0.05, 0) is 25.5 Å². The number of anilines is 1. The number of aromatic nitrogens is 2. The number of para-hydroxylation sites is 2. The molecule has 6 nitrogen and oxygen atoms in total. The molecule has 0 amide bonds. The van der Waals surface area contributed by atoms with Gasteiger partial charge in [0.05, 0.1) is 10.6 Å². The molecule has 4 rings (SSSR count). The fraction of sp³-hybridized carbons (Fsp3) is 0.167. The lowest BCUT2D eigenvalue weighted by atomic mass is 10.0. The number of nitrogens with zero attached hydrogens (tertiary/aromatic N) is 3. The van der Waals surface area contributed by atoms with Crippen molar-refractivity contribution in [1.82, 2.24) is 9.78 Å². The third-order valence-corrected chi connectivity index (χ3v) is 4.25. The number of hydrogen-bond donors (Lipinski definition) is 1. The van der Waals surface area contributed by atoms with Crippen LogP contribution < -0.4 is 5.32 Å². The van der Waals surface area contributed by atoms with Crippen molar-refractivity contribution in [3.05, 3.63) is 69.8 Å². The number of nitro benzene ring substituents is 1. The number of hydrogen-bond acceptors (Lipinski definition) is 4. The summed E-state index contributed by atoms with van der Waals surface area (Å²) < 4.78 is 1.66. The van der Waals surface area contributed by atoms with Crippen LogP contribution in [-0.2, 0) is 6.42 Å². The molecule has 6 heteroatoms. The average molecular weight is 320 g/mol.